The minimum atomic E-state index is -0.798. The number of esters is 2. The van der Waals surface area contributed by atoms with Gasteiger partial charge >= 0.3 is 11.9 Å². The van der Waals surface area contributed by atoms with Crippen molar-refractivity contribution in [1.82, 2.24) is 0 Å². The molecule has 0 aromatic carbocycles. The van der Waals surface area contributed by atoms with E-state index >= 15 is 0 Å². The molecule has 282 valence electrons. The van der Waals surface area contributed by atoms with Gasteiger partial charge in [-0.3, -0.25) is 9.59 Å². The first-order chi connectivity index (χ1) is 24.1. The maximum atomic E-state index is 12.2. The molecule has 0 aromatic rings. The van der Waals surface area contributed by atoms with Gasteiger partial charge in [0.25, 0.3) is 0 Å². The Hall–Kier alpha value is -2.40. The van der Waals surface area contributed by atoms with Crippen LogP contribution in [0.3, 0.4) is 0 Å². The first-order valence-corrected chi connectivity index (χ1v) is 20.3. The maximum Gasteiger partial charge on any atom is 0.306 e. The Bertz CT molecular complexity index is 869. The predicted molar refractivity (Wildman–Crippen MR) is 210 cm³/mol. The van der Waals surface area contributed by atoms with Gasteiger partial charge in [0, 0.05) is 12.8 Å². The summed E-state index contributed by atoms with van der Waals surface area (Å²) in [6.45, 7) is 4.04. The van der Waals surface area contributed by atoms with Crippen LogP contribution in [0, 0.1) is 0 Å². The van der Waals surface area contributed by atoms with Crippen molar-refractivity contribution in [2.24, 2.45) is 0 Å². The fourth-order valence-electron chi connectivity index (χ4n) is 5.44. The number of unbranched alkanes of at least 4 members (excludes halogenated alkanes) is 18. The number of hydrogen-bond acceptors (Lipinski definition) is 5. The topological polar surface area (TPSA) is 72.8 Å². The van der Waals surface area contributed by atoms with Gasteiger partial charge in [-0.2, -0.15) is 0 Å². The Morgan fingerprint density at radius 2 is 0.857 bits per heavy atom. The highest BCUT2D eigenvalue weighted by atomic mass is 16.6. The second-order valence-electron chi connectivity index (χ2n) is 13.4. The van der Waals surface area contributed by atoms with E-state index in [4.69, 9.17) is 9.47 Å². The monoisotopic (exact) mass is 685 g/mol. The number of aliphatic hydroxyl groups is 1. The van der Waals surface area contributed by atoms with Crippen LogP contribution in [-0.4, -0.2) is 36.4 Å². The van der Waals surface area contributed by atoms with E-state index in [1.807, 2.05) is 6.08 Å². The van der Waals surface area contributed by atoms with Gasteiger partial charge in [0.1, 0.15) is 6.61 Å². The standard InChI is InChI=1S/C44H76O5/c1-3-5-7-9-11-13-15-17-18-19-20-21-22-23-24-25-27-29-31-33-35-37-39-44(47)49-42(40-45)41-48-43(46)38-36-34-32-30-28-26-16-14-12-10-8-6-4-2/h11,13,17-18,20-21,26,28,32,34,42,45H,3-10,12,14-16,19,22-25,27,29-31,33,35-41H2,1-2H3/b13-11+,18-17+,21-20+,28-26+,34-32+. The van der Waals surface area contributed by atoms with Gasteiger partial charge < -0.3 is 14.6 Å². The van der Waals surface area contributed by atoms with Gasteiger partial charge in [-0.25, -0.2) is 0 Å². The van der Waals surface area contributed by atoms with Gasteiger partial charge in [-0.1, -0.05) is 164 Å². The smallest absolute Gasteiger partial charge is 0.306 e. The lowest BCUT2D eigenvalue weighted by Crippen LogP contribution is -2.28. The third kappa shape index (κ3) is 38.3. The van der Waals surface area contributed by atoms with E-state index in [1.54, 1.807) is 0 Å². The van der Waals surface area contributed by atoms with Crippen LogP contribution in [-0.2, 0) is 19.1 Å². The number of allylic oxidation sites excluding steroid dienone is 10. The van der Waals surface area contributed by atoms with Gasteiger partial charge in [0.05, 0.1) is 6.61 Å². The van der Waals surface area contributed by atoms with Crippen LogP contribution < -0.4 is 0 Å². The summed E-state index contributed by atoms with van der Waals surface area (Å²) >= 11 is 0. The summed E-state index contributed by atoms with van der Waals surface area (Å²) in [7, 11) is 0. The lowest BCUT2D eigenvalue weighted by atomic mass is 10.1. The molecule has 0 rings (SSSR count). The van der Waals surface area contributed by atoms with Gasteiger partial charge in [0.15, 0.2) is 6.10 Å². The van der Waals surface area contributed by atoms with Crippen molar-refractivity contribution in [3.8, 4) is 0 Å². The third-order valence-electron chi connectivity index (χ3n) is 8.55. The van der Waals surface area contributed by atoms with E-state index in [1.165, 1.54) is 109 Å². The summed E-state index contributed by atoms with van der Waals surface area (Å²) in [5, 5.41) is 9.54. The molecule has 0 spiro atoms. The zero-order chi connectivity index (χ0) is 35.7. The molecule has 0 radical (unpaired) electrons. The zero-order valence-electron chi connectivity index (χ0n) is 31.9. The summed E-state index contributed by atoms with van der Waals surface area (Å²) in [5.41, 5.74) is 0. The highest BCUT2D eigenvalue weighted by molar-refractivity contribution is 5.70. The molecule has 1 N–H and O–H groups in total. The molecule has 0 amide bonds. The van der Waals surface area contributed by atoms with Crippen molar-refractivity contribution in [1.29, 1.82) is 0 Å². The summed E-state index contributed by atoms with van der Waals surface area (Å²) < 4.78 is 10.5. The van der Waals surface area contributed by atoms with Gasteiger partial charge in [0.2, 0.25) is 0 Å². The molecule has 0 heterocycles. The number of ether oxygens (including phenoxy) is 2. The lowest BCUT2D eigenvalue weighted by Gasteiger charge is -2.15. The summed E-state index contributed by atoms with van der Waals surface area (Å²) in [5.74, 6) is -0.678. The fourth-order valence-corrected chi connectivity index (χ4v) is 5.44. The summed E-state index contributed by atoms with van der Waals surface area (Å²) in [6.07, 6.45) is 51.5. The van der Waals surface area contributed by atoms with Crippen molar-refractivity contribution in [2.75, 3.05) is 13.2 Å². The average Bonchev–Trinajstić information content (AvgIpc) is 3.10. The minimum Gasteiger partial charge on any atom is -0.462 e. The van der Waals surface area contributed by atoms with E-state index < -0.39 is 6.10 Å². The first kappa shape index (κ1) is 46.6. The average molecular weight is 685 g/mol. The second kappa shape index (κ2) is 40.0. The summed E-state index contributed by atoms with van der Waals surface area (Å²) in [6, 6.07) is 0. The SMILES string of the molecule is CCCCC/C=C/C/C=C/C/C=C/CCCCCCCCCCCC(=O)OC(CO)COC(=O)CC/C=C/C/C=C/CCCCCCCC. The molecule has 5 nitrogen and oxygen atoms in total. The molecule has 0 aromatic heterocycles. The molecule has 1 unspecified atom stereocenters. The molecule has 5 heteroatoms. The molecule has 0 aliphatic rings. The van der Waals surface area contributed by atoms with Crippen LogP contribution >= 0.6 is 0 Å². The molecular weight excluding hydrogens is 608 g/mol. The number of carbonyl (C=O) groups is 2. The van der Waals surface area contributed by atoms with E-state index in [2.05, 4.69) is 68.5 Å². The molecule has 0 saturated carbocycles. The number of aliphatic hydroxyl groups excluding tert-OH is 1. The summed E-state index contributed by atoms with van der Waals surface area (Å²) in [4.78, 5) is 24.2. The van der Waals surface area contributed by atoms with Crippen LogP contribution in [0.5, 0.6) is 0 Å². The first-order valence-electron chi connectivity index (χ1n) is 20.3. The molecule has 1 atom stereocenters. The Morgan fingerprint density at radius 3 is 1.35 bits per heavy atom. The van der Waals surface area contributed by atoms with Crippen molar-refractivity contribution in [3.05, 3.63) is 60.8 Å². The van der Waals surface area contributed by atoms with Crippen LogP contribution in [0.2, 0.25) is 0 Å². The third-order valence-corrected chi connectivity index (χ3v) is 8.55. The van der Waals surface area contributed by atoms with Crippen LogP contribution in [0.4, 0.5) is 0 Å². The second-order valence-corrected chi connectivity index (χ2v) is 13.4. The Balaban J connectivity index is 3.62. The Labute approximate surface area is 302 Å². The largest absolute Gasteiger partial charge is 0.462 e. The van der Waals surface area contributed by atoms with Crippen molar-refractivity contribution in [2.45, 2.75) is 193 Å². The van der Waals surface area contributed by atoms with Crippen LogP contribution in [0.1, 0.15) is 187 Å². The van der Waals surface area contributed by atoms with Gasteiger partial charge in [-0.05, 0) is 70.6 Å². The molecule has 0 aliphatic heterocycles. The number of rotatable bonds is 36. The van der Waals surface area contributed by atoms with Crippen LogP contribution in [0.15, 0.2) is 60.8 Å². The molecule has 0 aliphatic carbocycles. The molecular formula is C44H76O5. The van der Waals surface area contributed by atoms with E-state index in [0.29, 0.717) is 12.8 Å². The highest BCUT2D eigenvalue weighted by Crippen LogP contribution is 2.13. The highest BCUT2D eigenvalue weighted by Gasteiger charge is 2.15. The van der Waals surface area contributed by atoms with Crippen molar-refractivity contribution >= 4 is 11.9 Å². The van der Waals surface area contributed by atoms with Crippen molar-refractivity contribution in [3.63, 3.8) is 0 Å². The number of carbonyl (C=O) groups excluding carboxylic acids is 2. The molecule has 49 heavy (non-hydrogen) atoms. The van der Waals surface area contributed by atoms with E-state index in [-0.39, 0.29) is 31.6 Å². The predicted octanol–water partition coefficient (Wildman–Crippen LogP) is 12.8. The molecule has 0 saturated heterocycles. The normalized spacial score (nSPS) is 12.8. The Kier molecular flexibility index (Phi) is 38.1. The fraction of sp³-hybridized carbons (Fsp3) is 0.727. The number of hydrogen-bond donors (Lipinski definition) is 1. The van der Waals surface area contributed by atoms with Gasteiger partial charge in [-0.15, -0.1) is 0 Å². The van der Waals surface area contributed by atoms with E-state index in [0.717, 1.165) is 44.9 Å². The minimum absolute atomic E-state index is 0.100. The molecule has 0 fully saturated rings. The van der Waals surface area contributed by atoms with E-state index in [9.17, 15) is 14.7 Å². The van der Waals surface area contributed by atoms with Crippen LogP contribution in [0.25, 0.3) is 0 Å². The quantitative estimate of drug-likeness (QED) is 0.0404. The maximum absolute atomic E-state index is 12.2. The Morgan fingerprint density at radius 1 is 0.469 bits per heavy atom. The van der Waals surface area contributed by atoms with Crippen molar-refractivity contribution < 1.29 is 24.2 Å². The zero-order valence-corrected chi connectivity index (χ0v) is 31.9. The molecule has 0 bridgehead atoms. The lowest BCUT2D eigenvalue weighted by molar-refractivity contribution is -0.161.